The first-order valence-corrected chi connectivity index (χ1v) is 7.73. The van der Waals surface area contributed by atoms with E-state index in [4.69, 9.17) is 4.74 Å². The summed E-state index contributed by atoms with van der Waals surface area (Å²) in [5.41, 5.74) is 1.01. The van der Waals surface area contributed by atoms with E-state index in [1.165, 1.54) is 24.3 Å². The minimum absolute atomic E-state index is 0.00111. The molecule has 0 aliphatic heterocycles. The van der Waals surface area contributed by atoms with Crippen LogP contribution in [0.5, 0.6) is 5.75 Å². The molecule has 26 heavy (non-hydrogen) atoms. The third-order valence-corrected chi connectivity index (χ3v) is 3.40. The highest BCUT2D eigenvalue weighted by atomic mass is 16.5. The number of phenols is 1. The van der Waals surface area contributed by atoms with Crippen molar-refractivity contribution in [3.8, 4) is 5.75 Å². The van der Waals surface area contributed by atoms with Gasteiger partial charge in [-0.2, -0.15) is 0 Å². The smallest absolute Gasteiger partial charge is 0.408 e. The van der Waals surface area contributed by atoms with Crippen LogP contribution in [0, 0.1) is 0 Å². The van der Waals surface area contributed by atoms with E-state index in [0.29, 0.717) is 0 Å². The average molecular weight is 358 g/mol. The Bertz CT molecular complexity index is 761. The van der Waals surface area contributed by atoms with E-state index in [2.05, 4.69) is 10.6 Å². The first-order valence-electron chi connectivity index (χ1n) is 7.73. The highest BCUT2D eigenvalue weighted by molar-refractivity contribution is 5.94. The second-order valence-corrected chi connectivity index (χ2v) is 5.35. The molecule has 0 aliphatic carbocycles. The summed E-state index contributed by atoms with van der Waals surface area (Å²) in [5.74, 6) is -1.84. The summed E-state index contributed by atoms with van der Waals surface area (Å²) in [4.78, 5) is 34.9. The first-order chi connectivity index (χ1) is 12.5. The molecule has 0 saturated carbocycles. The number of amides is 2. The lowest BCUT2D eigenvalue weighted by molar-refractivity contribution is -0.139. The van der Waals surface area contributed by atoms with Gasteiger partial charge in [0.25, 0.3) is 5.91 Å². The molecule has 8 nitrogen and oxygen atoms in total. The van der Waals surface area contributed by atoms with E-state index in [1.807, 2.05) is 6.07 Å². The molecule has 0 aromatic heterocycles. The SMILES string of the molecule is O=C(N[C@@H](CNC(=O)c1ccc(O)cc1)C(=O)O)OCc1ccccc1. The van der Waals surface area contributed by atoms with Crippen LogP contribution in [0.2, 0.25) is 0 Å². The summed E-state index contributed by atoms with van der Waals surface area (Å²) in [6, 6.07) is 13.0. The molecule has 1 atom stereocenters. The number of ether oxygens (including phenoxy) is 1. The van der Waals surface area contributed by atoms with Gasteiger partial charge in [-0.1, -0.05) is 30.3 Å². The molecule has 0 aliphatic rings. The lowest BCUT2D eigenvalue weighted by Crippen LogP contribution is -2.48. The van der Waals surface area contributed by atoms with Crippen LogP contribution in [0.1, 0.15) is 15.9 Å². The van der Waals surface area contributed by atoms with Crippen molar-refractivity contribution >= 4 is 18.0 Å². The van der Waals surface area contributed by atoms with Gasteiger partial charge in [0, 0.05) is 12.1 Å². The van der Waals surface area contributed by atoms with Crippen LogP contribution >= 0.6 is 0 Å². The van der Waals surface area contributed by atoms with Gasteiger partial charge in [-0.3, -0.25) is 4.79 Å². The van der Waals surface area contributed by atoms with Crippen molar-refractivity contribution < 1.29 is 29.3 Å². The standard InChI is InChI=1S/C18H18N2O6/c21-14-8-6-13(7-9-14)16(22)19-10-15(17(23)24)20-18(25)26-11-12-4-2-1-3-5-12/h1-9,15,21H,10-11H2,(H,19,22)(H,20,25)(H,23,24)/t15-/m0/s1. The number of nitrogens with one attached hydrogen (secondary N) is 2. The van der Waals surface area contributed by atoms with Gasteiger partial charge in [0.1, 0.15) is 18.4 Å². The van der Waals surface area contributed by atoms with E-state index >= 15 is 0 Å². The highest BCUT2D eigenvalue weighted by Crippen LogP contribution is 2.09. The number of aliphatic carboxylic acids is 1. The van der Waals surface area contributed by atoms with Crippen LogP contribution in [0.25, 0.3) is 0 Å². The number of hydrogen-bond donors (Lipinski definition) is 4. The number of benzene rings is 2. The molecule has 2 rings (SSSR count). The third-order valence-electron chi connectivity index (χ3n) is 3.40. The molecule has 2 aromatic carbocycles. The van der Waals surface area contributed by atoms with Crippen LogP contribution in [0.4, 0.5) is 4.79 Å². The number of alkyl carbamates (subject to hydrolysis) is 1. The summed E-state index contributed by atoms with van der Waals surface area (Å²) in [5, 5.41) is 23.0. The van der Waals surface area contributed by atoms with Gasteiger partial charge in [0.2, 0.25) is 0 Å². The summed E-state index contributed by atoms with van der Waals surface area (Å²) in [6.07, 6.45) is -0.903. The lowest BCUT2D eigenvalue weighted by atomic mass is 10.2. The fraction of sp³-hybridized carbons (Fsp3) is 0.167. The van der Waals surface area contributed by atoms with Gasteiger partial charge in [-0.05, 0) is 29.8 Å². The fourth-order valence-corrected chi connectivity index (χ4v) is 2.02. The van der Waals surface area contributed by atoms with Gasteiger partial charge in [0.15, 0.2) is 0 Å². The second kappa shape index (κ2) is 9.07. The topological polar surface area (TPSA) is 125 Å². The van der Waals surface area contributed by atoms with E-state index < -0.39 is 24.0 Å². The Labute approximate surface area is 149 Å². The Kier molecular flexibility index (Phi) is 6.55. The Hall–Kier alpha value is -3.55. The number of rotatable bonds is 7. The molecule has 0 fully saturated rings. The van der Waals surface area contributed by atoms with Crippen LogP contribution in [-0.4, -0.2) is 40.8 Å². The second-order valence-electron chi connectivity index (χ2n) is 5.35. The van der Waals surface area contributed by atoms with Gasteiger partial charge in [0.05, 0.1) is 0 Å². The highest BCUT2D eigenvalue weighted by Gasteiger charge is 2.21. The monoisotopic (exact) mass is 358 g/mol. The molecule has 2 amide bonds. The molecular weight excluding hydrogens is 340 g/mol. The van der Waals surface area contributed by atoms with Gasteiger partial charge in [-0.25, -0.2) is 9.59 Å². The van der Waals surface area contributed by atoms with E-state index in [1.54, 1.807) is 24.3 Å². The average Bonchev–Trinajstić information content (AvgIpc) is 2.64. The zero-order chi connectivity index (χ0) is 18.9. The summed E-state index contributed by atoms with van der Waals surface area (Å²) in [6.45, 7) is -0.325. The van der Waals surface area contributed by atoms with Crippen molar-refractivity contribution in [3.05, 3.63) is 65.7 Å². The Morgan fingerprint density at radius 1 is 1.00 bits per heavy atom. The number of carbonyl (C=O) groups excluding carboxylic acids is 2. The van der Waals surface area contributed by atoms with Gasteiger partial charge >= 0.3 is 12.1 Å². The largest absolute Gasteiger partial charge is 0.508 e. The molecule has 0 spiro atoms. The number of phenolic OH excluding ortho intramolecular Hbond substituents is 1. The molecule has 136 valence electrons. The van der Waals surface area contributed by atoms with Crippen LogP contribution < -0.4 is 10.6 Å². The first kappa shape index (κ1) is 18.8. The molecule has 0 unspecified atom stereocenters. The van der Waals surface area contributed by atoms with Gasteiger partial charge in [-0.15, -0.1) is 0 Å². The van der Waals surface area contributed by atoms with Crippen molar-refractivity contribution in [2.75, 3.05) is 6.54 Å². The minimum atomic E-state index is -1.35. The molecule has 4 N–H and O–H groups in total. The number of carboxylic acids is 1. The van der Waals surface area contributed by atoms with Crippen LogP contribution in [-0.2, 0) is 16.1 Å². The zero-order valence-corrected chi connectivity index (χ0v) is 13.7. The van der Waals surface area contributed by atoms with Gasteiger partial charge < -0.3 is 25.6 Å². The maximum absolute atomic E-state index is 11.9. The number of carboxylic acid groups (broad SMARTS) is 1. The summed E-state index contributed by atoms with van der Waals surface area (Å²) < 4.78 is 4.96. The van der Waals surface area contributed by atoms with Crippen LogP contribution in [0.3, 0.4) is 0 Å². The van der Waals surface area contributed by atoms with Crippen LogP contribution in [0.15, 0.2) is 54.6 Å². The maximum Gasteiger partial charge on any atom is 0.408 e. The van der Waals surface area contributed by atoms with Crippen molar-refractivity contribution in [1.82, 2.24) is 10.6 Å². The van der Waals surface area contributed by atoms with Crippen molar-refractivity contribution in [1.29, 1.82) is 0 Å². The Morgan fingerprint density at radius 2 is 1.65 bits per heavy atom. The Morgan fingerprint density at radius 3 is 2.27 bits per heavy atom. The van der Waals surface area contributed by atoms with E-state index in [-0.39, 0.29) is 24.5 Å². The number of carbonyl (C=O) groups is 3. The quantitative estimate of drug-likeness (QED) is 0.594. The molecule has 0 saturated heterocycles. The molecule has 0 heterocycles. The van der Waals surface area contributed by atoms with Crippen molar-refractivity contribution in [2.24, 2.45) is 0 Å². The van der Waals surface area contributed by atoms with Crippen molar-refractivity contribution in [3.63, 3.8) is 0 Å². The molecule has 2 aromatic rings. The normalized spacial score (nSPS) is 11.2. The predicted octanol–water partition coefficient (Wildman–Crippen LogP) is 1.50. The Balaban J connectivity index is 1.84. The molecule has 8 heteroatoms. The summed E-state index contributed by atoms with van der Waals surface area (Å²) in [7, 11) is 0. The maximum atomic E-state index is 11.9. The number of hydrogen-bond acceptors (Lipinski definition) is 5. The fourth-order valence-electron chi connectivity index (χ4n) is 2.02. The molecule has 0 radical (unpaired) electrons. The van der Waals surface area contributed by atoms with E-state index in [9.17, 15) is 24.6 Å². The summed E-state index contributed by atoms with van der Waals surface area (Å²) >= 11 is 0. The molecular formula is C18H18N2O6. The number of aromatic hydroxyl groups is 1. The lowest BCUT2D eigenvalue weighted by Gasteiger charge is -2.15. The van der Waals surface area contributed by atoms with Crippen molar-refractivity contribution in [2.45, 2.75) is 12.6 Å². The minimum Gasteiger partial charge on any atom is -0.508 e. The van der Waals surface area contributed by atoms with E-state index in [0.717, 1.165) is 5.56 Å². The zero-order valence-electron chi connectivity index (χ0n) is 13.7. The third kappa shape index (κ3) is 5.82. The molecule has 0 bridgehead atoms. The predicted molar refractivity (Wildman–Crippen MR) is 91.6 cm³/mol.